The summed E-state index contributed by atoms with van der Waals surface area (Å²) in [7, 11) is 2.05. The van der Waals surface area contributed by atoms with E-state index >= 15 is 0 Å². The summed E-state index contributed by atoms with van der Waals surface area (Å²) in [6, 6.07) is 4.35. The number of hydrogen-bond donors (Lipinski definition) is 2. The molecule has 0 aliphatic rings. The van der Waals surface area contributed by atoms with E-state index in [1.807, 2.05) is 20.8 Å². The molecular weight excluding hydrogens is 288 g/mol. The van der Waals surface area contributed by atoms with E-state index in [0.29, 0.717) is 0 Å². The maximum atomic E-state index is 12.4. The van der Waals surface area contributed by atoms with Crippen LogP contribution in [0.4, 0.5) is 0 Å². The van der Waals surface area contributed by atoms with Crippen LogP contribution >= 0.6 is 0 Å². The van der Waals surface area contributed by atoms with Crippen molar-refractivity contribution in [2.24, 2.45) is 13.0 Å². The number of aromatic amines is 1. The molecule has 0 aliphatic carbocycles. The van der Waals surface area contributed by atoms with Crippen molar-refractivity contribution in [2.75, 3.05) is 0 Å². The first kappa shape index (κ1) is 17.3. The van der Waals surface area contributed by atoms with Crippen LogP contribution in [0, 0.1) is 19.8 Å². The molecule has 2 rings (SSSR count). The van der Waals surface area contributed by atoms with Gasteiger partial charge in [-0.1, -0.05) is 6.92 Å². The average Bonchev–Trinajstić information content (AvgIpc) is 3.05. The summed E-state index contributed by atoms with van der Waals surface area (Å²) in [5.74, 6) is 0.0619. The second-order valence-corrected chi connectivity index (χ2v) is 6.58. The molecule has 0 saturated heterocycles. The Kier molecular flexibility index (Phi) is 5.64. The van der Waals surface area contributed by atoms with Gasteiger partial charge in [-0.25, -0.2) is 0 Å². The van der Waals surface area contributed by atoms with Crippen LogP contribution in [0.15, 0.2) is 18.3 Å². The first-order chi connectivity index (χ1) is 10.9. The first-order valence-electron chi connectivity index (χ1n) is 8.29. The zero-order valence-electron chi connectivity index (χ0n) is 14.8. The minimum Gasteiger partial charge on any atom is -0.354 e. The quantitative estimate of drug-likeness (QED) is 0.825. The minimum atomic E-state index is -0.0533. The predicted octanol–water partition coefficient (Wildman–Crippen LogP) is 2.68. The van der Waals surface area contributed by atoms with Crippen LogP contribution in [0.25, 0.3) is 0 Å². The van der Waals surface area contributed by atoms with E-state index in [-0.39, 0.29) is 17.9 Å². The standard InChI is InChI=1S/C18H28N4O/c1-12(11-17-14(3)20-21-15(17)4)18(23)19-13(2)8-9-16-7-6-10-22(16)5/h6-7,10,12-13H,8-9,11H2,1-5H3,(H,19,23)(H,20,21)/t12-,13+/m1/s1. The predicted molar refractivity (Wildman–Crippen MR) is 92.3 cm³/mol. The molecule has 5 heteroatoms. The third-order valence-electron chi connectivity index (χ3n) is 4.51. The summed E-state index contributed by atoms with van der Waals surface area (Å²) >= 11 is 0. The maximum Gasteiger partial charge on any atom is 0.223 e. The molecule has 0 bridgehead atoms. The third-order valence-corrected chi connectivity index (χ3v) is 4.51. The molecule has 23 heavy (non-hydrogen) atoms. The summed E-state index contributed by atoms with van der Waals surface area (Å²) in [6.07, 6.45) is 4.69. The van der Waals surface area contributed by atoms with E-state index in [4.69, 9.17) is 0 Å². The molecule has 2 atom stereocenters. The Hall–Kier alpha value is -2.04. The summed E-state index contributed by atoms with van der Waals surface area (Å²) in [6.45, 7) is 8.03. The number of aryl methyl sites for hydroxylation is 4. The molecule has 0 aliphatic heterocycles. The lowest BCUT2D eigenvalue weighted by Crippen LogP contribution is -2.37. The third kappa shape index (κ3) is 4.47. The lowest BCUT2D eigenvalue weighted by Gasteiger charge is -2.18. The molecule has 0 saturated carbocycles. The van der Waals surface area contributed by atoms with Gasteiger partial charge in [0.05, 0.1) is 5.69 Å². The lowest BCUT2D eigenvalue weighted by molar-refractivity contribution is -0.125. The van der Waals surface area contributed by atoms with E-state index in [2.05, 4.69) is 52.4 Å². The van der Waals surface area contributed by atoms with Crippen LogP contribution in [0.2, 0.25) is 0 Å². The Morgan fingerprint density at radius 3 is 2.70 bits per heavy atom. The van der Waals surface area contributed by atoms with Crippen molar-refractivity contribution in [1.29, 1.82) is 0 Å². The first-order valence-corrected chi connectivity index (χ1v) is 8.29. The van der Waals surface area contributed by atoms with E-state index in [0.717, 1.165) is 36.2 Å². The molecule has 2 aromatic heterocycles. The van der Waals surface area contributed by atoms with Crippen LogP contribution in [0.1, 0.15) is 42.9 Å². The van der Waals surface area contributed by atoms with Crippen molar-refractivity contribution < 1.29 is 4.79 Å². The highest BCUT2D eigenvalue weighted by atomic mass is 16.1. The van der Waals surface area contributed by atoms with Gasteiger partial charge in [-0.2, -0.15) is 5.10 Å². The Bertz CT molecular complexity index is 636. The number of carbonyl (C=O) groups excluding carboxylic acids is 1. The Morgan fingerprint density at radius 1 is 1.39 bits per heavy atom. The SMILES string of the molecule is Cc1n[nH]c(C)c1C[C@@H](C)C(=O)N[C@@H](C)CCc1cccn1C. The number of carbonyl (C=O) groups is 1. The van der Waals surface area contributed by atoms with Gasteiger partial charge in [-0.15, -0.1) is 0 Å². The molecule has 0 radical (unpaired) electrons. The van der Waals surface area contributed by atoms with Crippen LogP contribution in [-0.4, -0.2) is 26.7 Å². The van der Waals surface area contributed by atoms with E-state index in [9.17, 15) is 4.79 Å². The Balaban J connectivity index is 1.82. The van der Waals surface area contributed by atoms with Gasteiger partial charge in [0, 0.05) is 36.6 Å². The molecular formula is C18H28N4O. The van der Waals surface area contributed by atoms with Gasteiger partial charge in [-0.3, -0.25) is 9.89 Å². The molecule has 2 N–H and O–H groups in total. The van der Waals surface area contributed by atoms with Crippen LogP contribution < -0.4 is 5.32 Å². The van der Waals surface area contributed by atoms with E-state index in [1.165, 1.54) is 5.69 Å². The second kappa shape index (κ2) is 7.49. The molecule has 0 aromatic carbocycles. The van der Waals surface area contributed by atoms with Gasteiger partial charge in [0.15, 0.2) is 0 Å². The van der Waals surface area contributed by atoms with Crippen molar-refractivity contribution in [3.05, 3.63) is 41.0 Å². The number of hydrogen-bond acceptors (Lipinski definition) is 2. The molecule has 126 valence electrons. The summed E-state index contributed by atoms with van der Waals surface area (Å²) in [4.78, 5) is 12.4. The Labute approximate surface area is 138 Å². The molecule has 0 unspecified atom stereocenters. The largest absolute Gasteiger partial charge is 0.354 e. The van der Waals surface area contributed by atoms with Gasteiger partial charge in [-0.05, 0) is 57.7 Å². The summed E-state index contributed by atoms with van der Waals surface area (Å²) < 4.78 is 2.13. The fourth-order valence-electron chi connectivity index (χ4n) is 2.85. The smallest absolute Gasteiger partial charge is 0.223 e. The zero-order valence-corrected chi connectivity index (χ0v) is 14.8. The second-order valence-electron chi connectivity index (χ2n) is 6.58. The van der Waals surface area contributed by atoms with Gasteiger partial charge in [0.1, 0.15) is 0 Å². The lowest BCUT2D eigenvalue weighted by atomic mass is 9.98. The molecule has 2 aromatic rings. The van der Waals surface area contributed by atoms with Crippen molar-refractivity contribution in [3.8, 4) is 0 Å². The number of H-pyrrole nitrogens is 1. The number of nitrogens with zero attached hydrogens (tertiary/aromatic N) is 2. The number of rotatable bonds is 7. The van der Waals surface area contributed by atoms with Crippen LogP contribution in [0.5, 0.6) is 0 Å². The van der Waals surface area contributed by atoms with Gasteiger partial charge < -0.3 is 9.88 Å². The summed E-state index contributed by atoms with van der Waals surface area (Å²) in [5.41, 5.74) is 4.49. The highest BCUT2D eigenvalue weighted by Gasteiger charge is 2.19. The highest BCUT2D eigenvalue weighted by Crippen LogP contribution is 2.15. The monoisotopic (exact) mass is 316 g/mol. The molecule has 2 heterocycles. The topological polar surface area (TPSA) is 62.7 Å². The minimum absolute atomic E-state index is 0.0533. The molecule has 0 spiro atoms. The molecule has 1 amide bonds. The van der Waals surface area contributed by atoms with Gasteiger partial charge in [0.2, 0.25) is 5.91 Å². The normalized spacial score (nSPS) is 13.8. The zero-order chi connectivity index (χ0) is 17.0. The van der Waals surface area contributed by atoms with Crippen LogP contribution in [0.3, 0.4) is 0 Å². The van der Waals surface area contributed by atoms with Crippen molar-refractivity contribution in [3.63, 3.8) is 0 Å². The van der Waals surface area contributed by atoms with Crippen molar-refractivity contribution in [1.82, 2.24) is 20.1 Å². The molecule has 0 fully saturated rings. The van der Waals surface area contributed by atoms with Gasteiger partial charge in [0.25, 0.3) is 0 Å². The molecule has 5 nitrogen and oxygen atoms in total. The van der Waals surface area contributed by atoms with Crippen LogP contribution in [-0.2, 0) is 24.7 Å². The number of nitrogens with one attached hydrogen (secondary N) is 2. The highest BCUT2D eigenvalue weighted by molar-refractivity contribution is 5.78. The maximum absolute atomic E-state index is 12.4. The van der Waals surface area contributed by atoms with Crippen molar-refractivity contribution in [2.45, 2.75) is 53.0 Å². The Morgan fingerprint density at radius 2 is 2.13 bits per heavy atom. The number of aromatic nitrogens is 3. The number of amides is 1. The summed E-state index contributed by atoms with van der Waals surface area (Å²) in [5, 5.41) is 10.3. The fraction of sp³-hybridized carbons (Fsp3) is 0.556. The van der Waals surface area contributed by atoms with Crippen molar-refractivity contribution >= 4 is 5.91 Å². The van der Waals surface area contributed by atoms with Gasteiger partial charge >= 0.3 is 0 Å². The van der Waals surface area contributed by atoms with E-state index < -0.39 is 0 Å². The van der Waals surface area contributed by atoms with E-state index in [1.54, 1.807) is 0 Å². The average molecular weight is 316 g/mol. The fourth-order valence-corrected chi connectivity index (χ4v) is 2.85.